The first-order valence-electron chi connectivity index (χ1n) is 9.07. The number of carbonyl (C=O) groups is 1. The highest BCUT2D eigenvalue weighted by atomic mass is 19.1. The topological polar surface area (TPSA) is 75.5 Å². The zero-order valence-electron chi connectivity index (χ0n) is 15.5. The van der Waals surface area contributed by atoms with Crippen LogP contribution in [0.2, 0.25) is 0 Å². The van der Waals surface area contributed by atoms with Crippen LogP contribution in [0.25, 0.3) is 0 Å². The van der Waals surface area contributed by atoms with Crippen molar-refractivity contribution in [1.82, 2.24) is 5.32 Å². The third kappa shape index (κ3) is 4.44. The maximum absolute atomic E-state index is 13.6. The molecule has 0 bridgehead atoms. The van der Waals surface area contributed by atoms with Gasteiger partial charge >= 0.3 is 0 Å². The molecule has 3 rings (SSSR count). The normalized spacial score (nSPS) is 14.8. The summed E-state index contributed by atoms with van der Waals surface area (Å²) >= 11 is 0. The van der Waals surface area contributed by atoms with Crippen LogP contribution in [0, 0.1) is 34.6 Å². The van der Waals surface area contributed by atoms with Crippen LogP contribution in [0.3, 0.4) is 0 Å². The molecule has 0 saturated carbocycles. The molecule has 6 nitrogen and oxygen atoms in total. The molecule has 2 aromatic rings. The average Bonchev–Trinajstić information content (AvgIpc) is 2.68. The van der Waals surface area contributed by atoms with Crippen LogP contribution in [0.1, 0.15) is 24.0 Å². The summed E-state index contributed by atoms with van der Waals surface area (Å²) in [6.07, 6.45) is 1.00. The Balaban J connectivity index is 1.58. The van der Waals surface area contributed by atoms with Gasteiger partial charge in [0.1, 0.15) is 17.3 Å². The molecule has 1 aliphatic rings. The molecule has 0 unspecified atom stereocenters. The number of nitrogens with zero attached hydrogens (tertiary/aromatic N) is 2. The van der Waals surface area contributed by atoms with Crippen molar-refractivity contribution in [3.63, 3.8) is 0 Å². The van der Waals surface area contributed by atoms with Crippen molar-refractivity contribution in [2.75, 3.05) is 18.0 Å². The number of anilines is 1. The van der Waals surface area contributed by atoms with E-state index in [1.54, 1.807) is 24.0 Å². The minimum absolute atomic E-state index is 0.130. The van der Waals surface area contributed by atoms with Crippen molar-refractivity contribution in [2.45, 2.75) is 26.3 Å². The summed E-state index contributed by atoms with van der Waals surface area (Å²) in [6.45, 7) is 2.75. The Morgan fingerprint density at radius 1 is 1.21 bits per heavy atom. The van der Waals surface area contributed by atoms with Gasteiger partial charge in [-0.3, -0.25) is 14.9 Å². The van der Waals surface area contributed by atoms with Gasteiger partial charge in [-0.25, -0.2) is 8.78 Å². The van der Waals surface area contributed by atoms with Gasteiger partial charge in [-0.2, -0.15) is 0 Å². The Morgan fingerprint density at radius 2 is 1.93 bits per heavy atom. The van der Waals surface area contributed by atoms with Crippen LogP contribution < -0.4 is 10.2 Å². The molecule has 1 amide bonds. The molecule has 1 saturated heterocycles. The van der Waals surface area contributed by atoms with Crippen molar-refractivity contribution in [3.8, 4) is 0 Å². The van der Waals surface area contributed by atoms with E-state index in [2.05, 4.69) is 5.32 Å². The second-order valence-electron chi connectivity index (χ2n) is 6.95. The van der Waals surface area contributed by atoms with E-state index >= 15 is 0 Å². The van der Waals surface area contributed by atoms with Gasteiger partial charge in [-0.15, -0.1) is 0 Å². The van der Waals surface area contributed by atoms with Crippen molar-refractivity contribution in [2.24, 2.45) is 5.92 Å². The molecule has 1 fully saturated rings. The van der Waals surface area contributed by atoms with Gasteiger partial charge in [0.25, 0.3) is 5.69 Å². The molecule has 1 N–H and O–H groups in total. The number of hydrogen-bond acceptors (Lipinski definition) is 4. The first-order chi connectivity index (χ1) is 13.3. The smallest absolute Gasteiger partial charge is 0.292 e. The molecule has 28 heavy (non-hydrogen) atoms. The number of halogens is 2. The lowest BCUT2D eigenvalue weighted by atomic mass is 9.95. The van der Waals surface area contributed by atoms with Gasteiger partial charge in [-0.1, -0.05) is 12.1 Å². The fourth-order valence-electron chi connectivity index (χ4n) is 3.37. The first kappa shape index (κ1) is 19.7. The molecule has 0 atom stereocenters. The highest BCUT2D eigenvalue weighted by molar-refractivity contribution is 5.79. The van der Waals surface area contributed by atoms with Crippen LogP contribution in [-0.4, -0.2) is 23.9 Å². The summed E-state index contributed by atoms with van der Waals surface area (Å²) in [5.41, 5.74) is 1.32. The lowest BCUT2D eigenvalue weighted by Gasteiger charge is -2.32. The van der Waals surface area contributed by atoms with Gasteiger partial charge in [0.2, 0.25) is 5.91 Å². The number of amides is 1. The number of benzene rings is 2. The number of rotatable bonds is 5. The molecule has 2 aromatic carbocycles. The summed E-state index contributed by atoms with van der Waals surface area (Å²) in [5, 5.41) is 14.0. The van der Waals surface area contributed by atoms with Crippen LogP contribution in [0.15, 0.2) is 36.4 Å². The number of aryl methyl sites for hydroxylation is 1. The number of carbonyl (C=O) groups excluding carboxylic acids is 1. The van der Waals surface area contributed by atoms with Crippen molar-refractivity contribution in [3.05, 3.63) is 69.3 Å². The van der Waals surface area contributed by atoms with Crippen molar-refractivity contribution in [1.29, 1.82) is 0 Å². The Morgan fingerprint density at radius 3 is 2.57 bits per heavy atom. The van der Waals surface area contributed by atoms with E-state index in [-0.39, 0.29) is 35.6 Å². The number of piperidine rings is 1. The van der Waals surface area contributed by atoms with E-state index in [4.69, 9.17) is 0 Å². The van der Waals surface area contributed by atoms with Crippen LogP contribution in [-0.2, 0) is 11.3 Å². The van der Waals surface area contributed by atoms with E-state index < -0.39 is 10.7 Å². The van der Waals surface area contributed by atoms with E-state index in [1.165, 1.54) is 6.07 Å². The van der Waals surface area contributed by atoms with Gasteiger partial charge in [0.05, 0.1) is 4.92 Å². The third-order valence-electron chi connectivity index (χ3n) is 5.04. The van der Waals surface area contributed by atoms with Crippen LogP contribution in [0.5, 0.6) is 0 Å². The molecule has 1 heterocycles. The maximum atomic E-state index is 13.6. The summed E-state index contributed by atoms with van der Waals surface area (Å²) in [6, 6.07) is 8.22. The molecule has 148 valence electrons. The standard InChI is InChI=1S/C20H21F2N3O3/c1-13-2-3-14(10-17(13)22)12-23-20(26)15-6-8-24(9-7-15)19-11-16(21)4-5-18(19)25(27)28/h2-5,10-11,15H,6-9,12H2,1H3,(H,23,26). The maximum Gasteiger partial charge on any atom is 0.292 e. The summed E-state index contributed by atoms with van der Waals surface area (Å²) in [7, 11) is 0. The van der Waals surface area contributed by atoms with Gasteiger partial charge in [0.15, 0.2) is 0 Å². The summed E-state index contributed by atoms with van der Waals surface area (Å²) in [4.78, 5) is 24.8. The Bertz CT molecular complexity index is 896. The van der Waals surface area contributed by atoms with Crippen molar-refractivity contribution < 1.29 is 18.5 Å². The molecule has 0 radical (unpaired) electrons. The number of hydrogen-bond donors (Lipinski definition) is 1. The fourth-order valence-corrected chi connectivity index (χ4v) is 3.37. The number of nitro groups is 1. The van der Waals surface area contributed by atoms with E-state index in [0.29, 0.717) is 37.1 Å². The summed E-state index contributed by atoms with van der Waals surface area (Å²) < 4.78 is 27.1. The zero-order valence-corrected chi connectivity index (χ0v) is 15.5. The molecular weight excluding hydrogens is 368 g/mol. The minimum Gasteiger partial charge on any atom is -0.366 e. The molecule has 0 aliphatic carbocycles. The second-order valence-corrected chi connectivity index (χ2v) is 6.95. The Labute approximate surface area is 161 Å². The number of nitrogens with one attached hydrogen (secondary N) is 1. The SMILES string of the molecule is Cc1ccc(CNC(=O)C2CCN(c3cc(F)ccc3[N+](=O)[O-])CC2)cc1F. The molecule has 1 aliphatic heterocycles. The molecule has 0 spiro atoms. The highest BCUT2D eigenvalue weighted by Crippen LogP contribution is 2.32. The average molecular weight is 389 g/mol. The zero-order chi connectivity index (χ0) is 20.3. The van der Waals surface area contributed by atoms with Crippen LogP contribution in [0.4, 0.5) is 20.2 Å². The van der Waals surface area contributed by atoms with E-state index in [0.717, 1.165) is 18.2 Å². The third-order valence-corrected chi connectivity index (χ3v) is 5.04. The lowest BCUT2D eigenvalue weighted by Crippen LogP contribution is -2.40. The predicted molar refractivity (Wildman–Crippen MR) is 101 cm³/mol. The van der Waals surface area contributed by atoms with Gasteiger partial charge < -0.3 is 10.2 Å². The molecule has 8 heteroatoms. The highest BCUT2D eigenvalue weighted by Gasteiger charge is 2.28. The Kier molecular flexibility index (Phi) is 5.87. The predicted octanol–water partition coefficient (Wildman–Crippen LogP) is 3.71. The van der Waals surface area contributed by atoms with E-state index in [9.17, 15) is 23.7 Å². The molecular formula is C20H21F2N3O3. The van der Waals surface area contributed by atoms with E-state index in [1.807, 2.05) is 0 Å². The number of nitro benzene ring substituents is 1. The van der Waals surface area contributed by atoms with Crippen molar-refractivity contribution >= 4 is 17.3 Å². The largest absolute Gasteiger partial charge is 0.366 e. The Hall–Kier alpha value is -3.03. The fraction of sp³-hybridized carbons (Fsp3) is 0.350. The van der Waals surface area contributed by atoms with Crippen LogP contribution >= 0.6 is 0 Å². The van der Waals surface area contributed by atoms with Gasteiger partial charge in [-0.05, 0) is 43.0 Å². The lowest BCUT2D eigenvalue weighted by molar-refractivity contribution is -0.384. The quantitative estimate of drug-likeness (QED) is 0.625. The molecule has 0 aromatic heterocycles. The second kappa shape index (κ2) is 8.33. The minimum atomic E-state index is -0.536. The first-order valence-corrected chi connectivity index (χ1v) is 9.07. The summed E-state index contributed by atoms with van der Waals surface area (Å²) in [5.74, 6) is -1.21. The van der Waals surface area contributed by atoms with Gasteiger partial charge in [0, 0.05) is 37.7 Å². The monoisotopic (exact) mass is 389 g/mol.